The summed E-state index contributed by atoms with van der Waals surface area (Å²) in [4.78, 5) is 4.29. The minimum Gasteiger partial charge on any atom is -0.507 e. The van der Waals surface area contributed by atoms with E-state index in [1.54, 1.807) is 25.1 Å². The van der Waals surface area contributed by atoms with Gasteiger partial charge in [-0.2, -0.15) is 4.98 Å². The number of aromatic nitrogens is 2. The molecule has 0 amide bonds. The Hall–Kier alpha value is -2.21. The number of aryl methyl sites for hydroxylation is 1. The fourth-order valence-corrected chi connectivity index (χ4v) is 2.22. The molecule has 1 N–H and O–H groups in total. The standard InChI is InChI=1S/C15H10BrFN2O2/c1-8-6-10(17)3-4-11(8)14-18-15(21-19-14)9-2-5-12(16)13(20)7-9/h2-7,20H,1H3. The van der Waals surface area contributed by atoms with Gasteiger partial charge in [-0.05, 0) is 64.8 Å². The Morgan fingerprint density at radius 1 is 1.19 bits per heavy atom. The van der Waals surface area contributed by atoms with Gasteiger partial charge in [0.1, 0.15) is 11.6 Å². The number of hydrogen-bond acceptors (Lipinski definition) is 4. The predicted octanol–water partition coefficient (Wildman–Crippen LogP) is 4.32. The van der Waals surface area contributed by atoms with Gasteiger partial charge in [-0.3, -0.25) is 0 Å². The average Bonchev–Trinajstić information content (AvgIpc) is 2.91. The lowest BCUT2D eigenvalue weighted by Crippen LogP contribution is -1.87. The zero-order valence-corrected chi connectivity index (χ0v) is 12.6. The van der Waals surface area contributed by atoms with Crippen molar-refractivity contribution < 1.29 is 14.0 Å². The molecule has 0 unspecified atom stereocenters. The van der Waals surface area contributed by atoms with E-state index in [-0.39, 0.29) is 17.5 Å². The van der Waals surface area contributed by atoms with Crippen molar-refractivity contribution in [3.05, 3.63) is 52.3 Å². The predicted molar refractivity (Wildman–Crippen MR) is 79.2 cm³/mol. The van der Waals surface area contributed by atoms with Crippen LogP contribution in [0.25, 0.3) is 22.8 Å². The van der Waals surface area contributed by atoms with Gasteiger partial charge >= 0.3 is 0 Å². The van der Waals surface area contributed by atoms with E-state index in [1.807, 2.05) is 0 Å². The van der Waals surface area contributed by atoms with Gasteiger partial charge in [-0.1, -0.05) is 5.16 Å². The lowest BCUT2D eigenvalue weighted by Gasteiger charge is -2.00. The monoisotopic (exact) mass is 348 g/mol. The Kier molecular flexibility index (Phi) is 3.47. The summed E-state index contributed by atoms with van der Waals surface area (Å²) < 4.78 is 18.9. The number of aromatic hydroxyl groups is 1. The molecule has 106 valence electrons. The summed E-state index contributed by atoms with van der Waals surface area (Å²) in [6.07, 6.45) is 0. The molecule has 6 heteroatoms. The number of nitrogens with zero attached hydrogens (tertiary/aromatic N) is 2. The lowest BCUT2D eigenvalue weighted by atomic mass is 10.1. The maximum atomic E-state index is 13.1. The molecule has 2 aromatic carbocycles. The van der Waals surface area contributed by atoms with Crippen LogP contribution in [0.1, 0.15) is 5.56 Å². The van der Waals surface area contributed by atoms with Gasteiger partial charge in [0, 0.05) is 11.1 Å². The van der Waals surface area contributed by atoms with E-state index in [9.17, 15) is 9.50 Å². The smallest absolute Gasteiger partial charge is 0.258 e. The van der Waals surface area contributed by atoms with Gasteiger partial charge in [0.05, 0.1) is 4.47 Å². The van der Waals surface area contributed by atoms with E-state index < -0.39 is 0 Å². The first-order valence-corrected chi connectivity index (χ1v) is 6.93. The Balaban J connectivity index is 2.01. The van der Waals surface area contributed by atoms with Crippen molar-refractivity contribution in [3.63, 3.8) is 0 Å². The van der Waals surface area contributed by atoms with Crippen molar-refractivity contribution in [2.24, 2.45) is 0 Å². The molecule has 0 radical (unpaired) electrons. The number of benzene rings is 2. The van der Waals surface area contributed by atoms with E-state index in [4.69, 9.17) is 4.52 Å². The Morgan fingerprint density at radius 3 is 2.71 bits per heavy atom. The first kappa shape index (κ1) is 13.8. The van der Waals surface area contributed by atoms with E-state index in [0.29, 0.717) is 21.4 Å². The summed E-state index contributed by atoms with van der Waals surface area (Å²) in [5.41, 5.74) is 2.03. The second-order valence-corrected chi connectivity index (χ2v) is 5.40. The molecule has 0 aliphatic heterocycles. The minimum atomic E-state index is -0.308. The quantitative estimate of drug-likeness (QED) is 0.749. The molecule has 0 saturated heterocycles. The molecule has 0 bridgehead atoms. The highest BCUT2D eigenvalue weighted by Crippen LogP contribution is 2.30. The van der Waals surface area contributed by atoms with Crippen molar-refractivity contribution in [3.8, 4) is 28.6 Å². The molecule has 0 spiro atoms. The van der Waals surface area contributed by atoms with Crippen LogP contribution in [-0.2, 0) is 0 Å². The topological polar surface area (TPSA) is 59.2 Å². The third-order valence-electron chi connectivity index (χ3n) is 3.05. The van der Waals surface area contributed by atoms with Crippen molar-refractivity contribution >= 4 is 15.9 Å². The second kappa shape index (κ2) is 5.29. The van der Waals surface area contributed by atoms with Gasteiger partial charge in [-0.25, -0.2) is 4.39 Å². The SMILES string of the molecule is Cc1cc(F)ccc1-c1noc(-c2ccc(Br)c(O)c2)n1. The molecule has 0 atom stereocenters. The summed E-state index contributed by atoms with van der Waals surface area (Å²) in [6.45, 7) is 1.78. The maximum Gasteiger partial charge on any atom is 0.258 e. The summed E-state index contributed by atoms with van der Waals surface area (Å²) in [7, 11) is 0. The van der Waals surface area contributed by atoms with Crippen LogP contribution in [0, 0.1) is 12.7 Å². The number of halogens is 2. The third kappa shape index (κ3) is 2.67. The van der Waals surface area contributed by atoms with Crippen LogP contribution in [-0.4, -0.2) is 15.2 Å². The molecule has 3 rings (SSSR count). The lowest BCUT2D eigenvalue weighted by molar-refractivity contribution is 0.431. The number of rotatable bonds is 2. The molecule has 1 aromatic heterocycles. The number of phenols is 1. The van der Waals surface area contributed by atoms with Gasteiger partial charge < -0.3 is 9.63 Å². The fraction of sp³-hybridized carbons (Fsp3) is 0.0667. The fourth-order valence-electron chi connectivity index (χ4n) is 1.97. The zero-order valence-electron chi connectivity index (χ0n) is 11.0. The Bertz CT molecular complexity index is 817. The molecule has 0 aliphatic rings. The highest BCUT2D eigenvalue weighted by Gasteiger charge is 2.13. The highest BCUT2D eigenvalue weighted by molar-refractivity contribution is 9.10. The Morgan fingerprint density at radius 2 is 2.00 bits per heavy atom. The van der Waals surface area contributed by atoms with Crippen LogP contribution < -0.4 is 0 Å². The second-order valence-electron chi connectivity index (χ2n) is 4.55. The molecule has 3 aromatic rings. The third-order valence-corrected chi connectivity index (χ3v) is 3.72. The Labute approximate surface area is 128 Å². The van der Waals surface area contributed by atoms with Crippen LogP contribution in [0.4, 0.5) is 4.39 Å². The highest BCUT2D eigenvalue weighted by atomic mass is 79.9. The van der Waals surface area contributed by atoms with Gasteiger partial charge in [0.25, 0.3) is 5.89 Å². The van der Waals surface area contributed by atoms with E-state index >= 15 is 0 Å². The van der Waals surface area contributed by atoms with E-state index in [1.165, 1.54) is 18.2 Å². The maximum absolute atomic E-state index is 13.1. The first-order valence-electron chi connectivity index (χ1n) is 6.14. The summed E-state index contributed by atoms with van der Waals surface area (Å²) in [5.74, 6) is 0.449. The zero-order chi connectivity index (χ0) is 15.0. The van der Waals surface area contributed by atoms with E-state index in [0.717, 1.165) is 5.56 Å². The first-order chi connectivity index (χ1) is 10.0. The van der Waals surface area contributed by atoms with E-state index in [2.05, 4.69) is 26.1 Å². The number of hydrogen-bond donors (Lipinski definition) is 1. The molecule has 1 heterocycles. The van der Waals surface area contributed by atoms with Crippen molar-refractivity contribution in [2.45, 2.75) is 6.92 Å². The largest absolute Gasteiger partial charge is 0.507 e. The molecule has 0 fully saturated rings. The van der Waals surface area contributed by atoms with Crippen LogP contribution in [0.5, 0.6) is 5.75 Å². The van der Waals surface area contributed by atoms with Crippen molar-refractivity contribution in [1.82, 2.24) is 10.1 Å². The van der Waals surface area contributed by atoms with Gasteiger partial charge in [0.2, 0.25) is 5.82 Å². The van der Waals surface area contributed by atoms with Crippen LogP contribution >= 0.6 is 15.9 Å². The summed E-state index contributed by atoms with van der Waals surface area (Å²) >= 11 is 3.21. The molecular weight excluding hydrogens is 339 g/mol. The summed E-state index contributed by atoms with van der Waals surface area (Å²) in [5, 5.41) is 13.6. The van der Waals surface area contributed by atoms with Crippen LogP contribution in [0.3, 0.4) is 0 Å². The van der Waals surface area contributed by atoms with Crippen LogP contribution in [0.2, 0.25) is 0 Å². The average molecular weight is 349 g/mol. The van der Waals surface area contributed by atoms with Gasteiger partial charge in [0.15, 0.2) is 0 Å². The van der Waals surface area contributed by atoms with Crippen LogP contribution in [0.15, 0.2) is 45.4 Å². The molecule has 0 aliphatic carbocycles. The van der Waals surface area contributed by atoms with Crippen molar-refractivity contribution in [2.75, 3.05) is 0 Å². The molecular formula is C15H10BrFN2O2. The molecule has 21 heavy (non-hydrogen) atoms. The normalized spacial score (nSPS) is 10.8. The molecule has 0 saturated carbocycles. The summed E-state index contributed by atoms with van der Waals surface area (Å²) in [6, 6.07) is 9.34. The van der Waals surface area contributed by atoms with Gasteiger partial charge in [-0.15, -0.1) is 0 Å². The minimum absolute atomic E-state index is 0.0882. The van der Waals surface area contributed by atoms with Crippen molar-refractivity contribution in [1.29, 1.82) is 0 Å². The molecule has 4 nitrogen and oxygen atoms in total. The number of phenolic OH excluding ortho intramolecular Hbond substituents is 1.